The smallest absolute Gasteiger partial charge is 0.328 e. The highest BCUT2D eigenvalue weighted by Gasteiger charge is 2.20. The molecule has 0 fully saturated rings. The van der Waals surface area contributed by atoms with E-state index < -0.39 is 17.9 Å². The molecule has 0 aliphatic heterocycles. The molecule has 2 amide bonds. The number of amides is 2. The highest BCUT2D eigenvalue weighted by atomic mass is 16.5. The standard InChI is InChI=1S/C15H18N2O4/c1-4-5-13(15(20)21-3)17-14(19)11-6-8-12(9-7-11)16-10(2)18/h4,6-9,13H,1,5H2,2-3H3,(H,16,18)(H,17,19)/t13-/m1/s1. The van der Waals surface area contributed by atoms with Gasteiger partial charge in [0.2, 0.25) is 5.91 Å². The number of hydrogen-bond donors (Lipinski definition) is 2. The average Bonchev–Trinajstić information content (AvgIpc) is 2.46. The maximum atomic E-state index is 12.0. The van der Waals surface area contributed by atoms with Crippen molar-refractivity contribution in [3.8, 4) is 0 Å². The lowest BCUT2D eigenvalue weighted by Gasteiger charge is -2.14. The molecule has 6 nitrogen and oxygen atoms in total. The number of anilines is 1. The van der Waals surface area contributed by atoms with Crippen LogP contribution in [-0.2, 0) is 14.3 Å². The Kier molecular flexibility index (Phi) is 6.13. The van der Waals surface area contributed by atoms with Gasteiger partial charge in [-0.3, -0.25) is 9.59 Å². The number of rotatable bonds is 6. The van der Waals surface area contributed by atoms with Crippen molar-refractivity contribution in [3.05, 3.63) is 42.5 Å². The van der Waals surface area contributed by atoms with Crippen LogP contribution in [0.2, 0.25) is 0 Å². The molecule has 21 heavy (non-hydrogen) atoms. The van der Waals surface area contributed by atoms with E-state index in [4.69, 9.17) is 0 Å². The molecule has 0 heterocycles. The summed E-state index contributed by atoms with van der Waals surface area (Å²) < 4.78 is 4.62. The molecule has 1 aromatic carbocycles. The molecule has 0 radical (unpaired) electrons. The van der Waals surface area contributed by atoms with Crippen LogP contribution < -0.4 is 10.6 Å². The second-order valence-corrected chi connectivity index (χ2v) is 4.33. The van der Waals surface area contributed by atoms with Gasteiger partial charge in [0.25, 0.3) is 5.91 Å². The van der Waals surface area contributed by atoms with Crippen molar-refractivity contribution in [3.63, 3.8) is 0 Å². The zero-order valence-electron chi connectivity index (χ0n) is 12.0. The zero-order chi connectivity index (χ0) is 15.8. The summed E-state index contributed by atoms with van der Waals surface area (Å²) >= 11 is 0. The van der Waals surface area contributed by atoms with Gasteiger partial charge in [-0.2, -0.15) is 0 Å². The summed E-state index contributed by atoms with van der Waals surface area (Å²) in [5.41, 5.74) is 0.969. The zero-order valence-corrected chi connectivity index (χ0v) is 12.0. The summed E-state index contributed by atoms with van der Waals surface area (Å²) in [6, 6.07) is 5.56. The topological polar surface area (TPSA) is 84.5 Å². The van der Waals surface area contributed by atoms with Crippen molar-refractivity contribution < 1.29 is 19.1 Å². The van der Waals surface area contributed by atoms with Gasteiger partial charge in [-0.1, -0.05) is 6.08 Å². The third-order valence-corrected chi connectivity index (χ3v) is 2.66. The van der Waals surface area contributed by atoms with Gasteiger partial charge in [0, 0.05) is 18.2 Å². The fraction of sp³-hybridized carbons (Fsp3) is 0.267. The number of benzene rings is 1. The van der Waals surface area contributed by atoms with Crippen molar-refractivity contribution in [2.75, 3.05) is 12.4 Å². The van der Waals surface area contributed by atoms with E-state index in [2.05, 4.69) is 21.9 Å². The Labute approximate surface area is 123 Å². The van der Waals surface area contributed by atoms with Crippen LogP contribution in [0.5, 0.6) is 0 Å². The Balaban J connectivity index is 2.75. The quantitative estimate of drug-likeness (QED) is 0.614. The lowest BCUT2D eigenvalue weighted by molar-refractivity contribution is -0.142. The minimum atomic E-state index is -0.768. The first-order chi connectivity index (χ1) is 9.97. The molecule has 0 saturated carbocycles. The molecule has 6 heteroatoms. The van der Waals surface area contributed by atoms with Crippen molar-refractivity contribution in [2.45, 2.75) is 19.4 Å². The van der Waals surface area contributed by atoms with Crippen LogP contribution in [0.15, 0.2) is 36.9 Å². The van der Waals surface area contributed by atoms with Crippen molar-refractivity contribution >= 4 is 23.5 Å². The van der Waals surface area contributed by atoms with E-state index in [9.17, 15) is 14.4 Å². The van der Waals surface area contributed by atoms with Gasteiger partial charge in [0.1, 0.15) is 6.04 Å². The number of esters is 1. The fourth-order valence-electron chi connectivity index (χ4n) is 1.67. The van der Waals surface area contributed by atoms with E-state index in [1.54, 1.807) is 24.3 Å². The van der Waals surface area contributed by atoms with E-state index in [0.717, 1.165) is 0 Å². The molecule has 0 aliphatic rings. The Bertz CT molecular complexity index is 537. The lowest BCUT2D eigenvalue weighted by Crippen LogP contribution is -2.41. The summed E-state index contributed by atoms with van der Waals surface area (Å²) in [6.45, 7) is 4.94. The van der Waals surface area contributed by atoms with Gasteiger partial charge in [0.15, 0.2) is 0 Å². The van der Waals surface area contributed by atoms with Crippen molar-refractivity contribution in [1.29, 1.82) is 0 Å². The van der Waals surface area contributed by atoms with E-state index in [1.165, 1.54) is 20.1 Å². The van der Waals surface area contributed by atoms with Crippen LogP contribution in [-0.4, -0.2) is 30.9 Å². The highest BCUT2D eigenvalue weighted by Crippen LogP contribution is 2.10. The van der Waals surface area contributed by atoms with Gasteiger partial charge in [0.05, 0.1) is 7.11 Å². The molecule has 0 saturated heterocycles. The van der Waals surface area contributed by atoms with Gasteiger partial charge in [-0.05, 0) is 30.7 Å². The Hall–Kier alpha value is -2.63. The van der Waals surface area contributed by atoms with E-state index in [1.807, 2.05) is 0 Å². The normalized spacial score (nSPS) is 11.1. The average molecular weight is 290 g/mol. The first kappa shape index (κ1) is 16.4. The minimum Gasteiger partial charge on any atom is -0.467 e. The van der Waals surface area contributed by atoms with Crippen LogP contribution >= 0.6 is 0 Å². The second-order valence-electron chi connectivity index (χ2n) is 4.33. The Morgan fingerprint density at radius 2 is 1.90 bits per heavy atom. The summed E-state index contributed by atoms with van der Waals surface area (Å²) in [5.74, 6) is -1.12. The highest BCUT2D eigenvalue weighted by molar-refractivity contribution is 5.97. The summed E-state index contributed by atoms with van der Waals surface area (Å²) in [6.07, 6.45) is 1.81. The lowest BCUT2D eigenvalue weighted by atomic mass is 10.1. The SMILES string of the molecule is C=CC[C@@H](NC(=O)c1ccc(NC(C)=O)cc1)C(=O)OC. The molecule has 0 bridgehead atoms. The molecule has 2 N–H and O–H groups in total. The Morgan fingerprint density at radius 1 is 1.29 bits per heavy atom. The Morgan fingerprint density at radius 3 is 2.38 bits per heavy atom. The molecule has 0 unspecified atom stereocenters. The van der Waals surface area contributed by atoms with Crippen LogP contribution in [0.1, 0.15) is 23.7 Å². The molecule has 112 valence electrons. The molecular weight excluding hydrogens is 272 g/mol. The van der Waals surface area contributed by atoms with Gasteiger partial charge < -0.3 is 15.4 Å². The molecule has 0 spiro atoms. The van der Waals surface area contributed by atoms with Crippen LogP contribution in [0, 0.1) is 0 Å². The number of carbonyl (C=O) groups is 3. The van der Waals surface area contributed by atoms with Crippen LogP contribution in [0.25, 0.3) is 0 Å². The number of hydrogen-bond acceptors (Lipinski definition) is 4. The first-order valence-corrected chi connectivity index (χ1v) is 6.35. The third kappa shape index (κ3) is 5.10. The molecular formula is C15H18N2O4. The van der Waals surface area contributed by atoms with E-state index in [0.29, 0.717) is 11.3 Å². The third-order valence-electron chi connectivity index (χ3n) is 2.66. The first-order valence-electron chi connectivity index (χ1n) is 6.35. The predicted octanol–water partition coefficient (Wildman–Crippen LogP) is 1.49. The number of ether oxygens (including phenoxy) is 1. The second kappa shape index (κ2) is 7.84. The number of methoxy groups -OCH3 is 1. The molecule has 0 aromatic heterocycles. The van der Waals surface area contributed by atoms with Crippen molar-refractivity contribution in [1.82, 2.24) is 5.32 Å². The fourth-order valence-corrected chi connectivity index (χ4v) is 1.67. The maximum absolute atomic E-state index is 12.0. The monoisotopic (exact) mass is 290 g/mol. The predicted molar refractivity (Wildman–Crippen MR) is 78.8 cm³/mol. The minimum absolute atomic E-state index is 0.191. The van der Waals surface area contributed by atoms with Crippen LogP contribution in [0.3, 0.4) is 0 Å². The van der Waals surface area contributed by atoms with E-state index in [-0.39, 0.29) is 12.3 Å². The van der Waals surface area contributed by atoms with Gasteiger partial charge >= 0.3 is 5.97 Å². The number of nitrogens with one attached hydrogen (secondary N) is 2. The molecule has 1 aromatic rings. The summed E-state index contributed by atoms with van der Waals surface area (Å²) in [7, 11) is 1.26. The van der Waals surface area contributed by atoms with Crippen molar-refractivity contribution in [2.24, 2.45) is 0 Å². The summed E-state index contributed by atoms with van der Waals surface area (Å²) in [5, 5.41) is 5.17. The number of carbonyl (C=O) groups excluding carboxylic acids is 3. The maximum Gasteiger partial charge on any atom is 0.328 e. The van der Waals surface area contributed by atoms with Gasteiger partial charge in [-0.15, -0.1) is 6.58 Å². The van der Waals surface area contributed by atoms with Crippen LogP contribution in [0.4, 0.5) is 5.69 Å². The molecule has 0 aliphatic carbocycles. The van der Waals surface area contributed by atoms with Gasteiger partial charge in [-0.25, -0.2) is 4.79 Å². The van der Waals surface area contributed by atoms with E-state index >= 15 is 0 Å². The molecule has 1 atom stereocenters. The summed E-state index contributed by atoms with van der Waals surface area (Å²) in [4.78, 5) is 34.5. The largest absolute Gasteiger partial charge is 0.467 e. The molecule has 1 rings (SSSR count).